The van der Waals surface area contributed by atoms with Crippen LogP contribution in [0.1, 0.15) is 24.1 Å². The summed E-state index contributed by atoms with van der Waals surface area (Å²) in [5.74, 6) is 0.258. The van der Waals surface area contributed by atoms with Crippen LogP contribution in [0, 0.1) is 0 Å². The number of rotatable bonds is 8. The van der Waals surface area contributed by atoms with Gasteiger partial charge in [0.05, 0.1) is 18.1 Å². The van der Waals surface area contributed by atoms with E-state index in [1.54, 1.807) is 47.4 Å². The van der Waals surface area contributed by atoms with E-state index in [0.717, 1.165) is 11.1 Å². The van der Waals surface area contributed by atoms with Crippen LogP contribution in [-0.4, -0.2) is 34.8 Å². The highest BCUT2D eigenvalue weighted by Gasteiger charge is 2.35. The number of nitrogens with one attached hydrogen (secondary N) is 1. The predicted octanol–water partition coefficient (Wildman–Crippen LogP) is 6.98. The molecule has 1 fully saturated rings. The van der Waals surface area contributed by atoms with Crippen LogP contribution in [0.5, 0.6) is 11.5 Å². The van der Waals surface area contributed by atoms with Gasteiger partial charge in [-0.15, -0.1) is 0 Å². The third-order valence-corrected chi connectivity index (χ3v) is 7.25. The van der Waals surface area contributed by atoms with Crippen molar-refractivity contribution >= 4 is 75.1 Å². The van der Waals surface area contributed by atoms with E-state index in [1.807, 2.05) is 37.3 Å². The third kappa shape index (κ3) is 6.64. The molecule has 3 aromatic carbocycles. The van der Waals surface area contributed by atoms with E-state index in [-0.39, 0.29) is 24.5 Å². The molecular weight excluding hydrogens is 551 g/mol. The Labute approximate surface area is 234 Å². The molecule has 2 amide bonds. The first kappa shape index (κ1) is 27.0. The quantitative estimate of drug-likeness (QED) is 0.232. The summed E-state index contributed by atoms with van der Waals surface area (Å²) in [7, 11) is 1.50. The lowest BCUT2D eigenvalue weighted by Crippen LogP contribution is -2.30. The van der Waals surface area contributed by atoms with E-state index < -0.39 is 0 Å². The molecule has 1 aliphatic heterocycles. The van der Waals surface area contributed by atoms with Gasteiger partial charge in [-0.1, -0.05) is 83.6 Å². The van der Waals surface area contributed by atoms with Gasteiger partial charge in [0.25, 0.3) is 11.8 Å². The van der Waals surface area contributed by atoms with Gasteiger partial charge in [-0.3, -0.25) is 14.5 Å². The molecule has 190 valence electrons. The van der Waals surface area contributed by atoms with E-state index in [1.165, 1.54) is 18.9 Å². The number of carbonyl (C=O) groups excluding carboxylic acids is 2. The normalized spacial score (nSPS) is 15.1. The largest absolute Gasteiger partial charge is 0.493 e. The van der Waals surface area contributed by atoms with Crippen LogP contribution in [0.3, 0.4) is 0 Å². The van der Waals surface area contributed by atoms with Crippen molar-refractivity contribution in [1.29, 1.82) is 0 Å². The van der Waals surface area contributed by atoms with Gasteiger partial charge < -0.3 is 14.8 Å². The number of methoxy groups -OCH3 is 1. The number of hydrogen-bond acceptors (Lipinski definition) is 6. The molecule has 1 aliphatic rings. The Hall–Kier alpha value is -3.04. The highest BCUT2D eigenvalue weighted by Crippen LogP contribution is 2.39. The first-order valence-corrected chi connectivity index (χ1v) is 13.1. The summed E-state index contributed by atoms with van der Waals surface area (Å²) < 4.78 is 11.6. The van der Waals surface area contributed by atoms with Crippen LogP contribution in [0.2, 0.25) is 10.0 Å². The fraction of sp³-hybridized carbons (Fsp3) is 0.148. The lowest BCUT2D eigenvalue weighted by atomic mass is 10.1. The minimum absolute atomic E-state index is 0.150. The van der Waals surface area contributed by atoms with Gasteiger partial charge >= 0.3 is 0 Å². The zero-order valence-corrected chi connectivity index (χ0v) is 23.0. The Kier molecular flexibility index (Phi) is 8.76. The summed E-state index contributed by atoms with van der Waals surface area (Å²) in [5.41, 5.74) is 2.20. The summed E-state index contributed by atoms with van der Waals surface area (Å²) in [4.78, 5) is 27.6. The Balaban J connectivity index is 1.44. The number of anilines is 1. The lowest BCUT2D eigenvalue weighted by Gasteiger charge is -2.23. The van der Waals surface area contributed by atoms with E-state index in [4.69, 9.17) is 44.9 Å². The number of carbonyl (C=O) groups is 2. The smallest absolute Gasteiger partial charge is 0.266 e. The summed E-state index contributed by atoms with van der Waals surface area (Å²) >= 11 is 18.7. The number of hydrogen-bond donors (Lipinski definition) is 1. The molecule has 3 aromatic rings. The minimum atomic E-state index is -0.388. The summed E-state index contributed by atoms with van der Waals surface area (Å²) in [6.45, 7) is 1.70. The second kappa shape index (κ2) is 12.0. The molecular formula is C27H22Cl2N2O4S2. The van der Waals surface area contributed by atoms with Crippen molar-refractivity contribution in [3.8, 4) is 11.5 Å². The second-order valence-electron chi connectivity index (χ2n) is 8.04. The van der Waals surface area contributed by atoms with Crippen LogP contribution < -0.4 is 14.8 Å². The maximum Gasteiger partial charge on any atom is 0.266 e. The Morgan fingerprint density at radius 3 is 2.46 bits per heavy atom. The lowest BCUT2D eigenvalue weighted by molar-refractivity contribution is -0.123. The highest BCUT2D eigenvalue weighted by molar-refractivity contribution is 8.26. The van der Waals surface area contributed by atoms with Gasteiger partial charge in [-0.05, 0) is 54.5 Å². The molecule has 0 radical (unpaired) electrons. The molecule has 6 nitrogen and oxygen atoms in total. The maximum absolute atomic E-state index is 13.2. The van der Waals surface area contributed by atoms with E-state index in [2.05, 4.69) is 5.32 Å². The van der Waals surface area contributed by atoms with Crippen LogP contribution >= 0.6 is 47.2 Å². The molecule has 4 rings (SSSR count). The zero-order chi connectivity index (χ0) is 26.5. The predicted molar refractivity (Wildman–Crippen MR) is 153 cm³/mol. The van der Waals surface area contributed by atoms with Crippen molar-refractivity contribution in [3.05, 3.63) is 92.8 Å². The van der Waals surface area contributed by atoms with Gasteiger partial charge in [0.1, 0.15) is 4.32 Å². The second-order valence-corrected chi connectivity index (χ2v) is 10.6. The van der Waals surface area contributed by atoms with Gasteiger partial charge in [0, 0.05) is 15.7 Å². The average Bonchev–Trinajstić information content (AvgIpc) is 3.14. The summed E-state index contributed by atoms with van der Waals surface area (Å²) in [5, 5.41) is 3.50. The van der Waals surface area contributed by atoms with E-state index in [9.17, 15) is 9.59 Å². The van der Waals surface area contributed by atoms with Crippen LogP contribution in [0.25, 0.3) is 6.08 Å². The molecule has 0 unspecified atom stereocenters. The van der Waals surface area contributed by atoms with Crippen molar-refractivity contribution in [2.75, 3.05) is 19.0 Å². The maximum atomic E-state index is 13.2. The van der Waals surface area contributed by atoms with Crippen LogP contribution in [-0.2, 0) is 9.59 Å². The molecule has 0 saturated carbocycles. The van der Waals surface area contributed by atoms with E-state index >= 15 is 0 Å². The number of benzene rings is 3. The highest BCUT2D eigenvalue weighted by atomic mass is 35.5. The number of nitrogens with zero attached hydrogens (tertiary/aromatic N) is 1. The van der Waals surface area contributed by atoms with Gasteiger partial charge in [0.2, 0.25) is 0 Å². The van der Waals surface area contributed by atoms with Crippen LogP contribution in [0.4, 0.5) is 5.69 Å². The number of ether oxygens (including phenoxy) is 2. The summed E-state index contributed by atoms with van der Waals surface area (Å²) in [6.07, 6.45) is 1.76. The average molecular weight is 574 g/mol. The first-order chi connectivity index (χ1) is 17.7. The van der Waals surface area contributed by atoms with Crippen molar-refractivity contribution in [2.45, 2.75) is 13.0 Å². The van der Waals surface area contributed by atoms with Crippen molar-refractivity contribution < 1.29 is 19.1 Å². The minimum Gasteiger partial charge on any atom is -0.493 e. The molecule has 10 heteroatoms. The molecule has 0 aromatic heterocycles. The molecule has 1 saturated heterocycles. The molecule has 1 N–H and O–H groups in total. The number of halogens is 2. The summed E-state index contributed by atoms with van der Waals surface area (Å²) in [6, 6.07) is 19.5. The fourth-order valence-electron chi connectivity index (χ4n) is 3.71. The van der Waals surface area contributed by atoms with Crippen LogP contribution in [0.15, 0.2) is 71.6 Å². The third-order valence-electron chi connectivity index (χ3n) is 5.48. The van der Waals surface area contributed by atoms with Crippen molar-refractivity contribution in [2.24, 2.45) is 0 Å². The number of amides is 2. The molecule has 1 heterocycles. The molecule has 1 atom stereocenters. The van der Waals surface area contributed by atoms with Gasteiger partial charge in [0.15, 0.2) is 18.1 Å². The monoisotopic (exact) mass is 572 g/mol. The van der Waals surface area contributed by atoms with E-state index in [0.29, 0.717) is 36.5 Å². The molecule has 0 spiro atoms. The SMILES string of the molecule is COc1cc(/C=C2\SC(=S)N([C@H](C)c3ccccc3)C2=O)ccc1OCC(=O)Nc1cc(Cl)cc(Cl)c1. The Morgan fingerprint density at radius 1 is 1.08 bits per heavy atom. The van der Waals surface area contributed by atoms with Gasteiger partial charge in [-0.25, -0.2) is 0 Å². The fourth-order valence-corrected chi connectivity index (χ4v) is 5.65. The number of thiocarbonyl (C=S) groups is 1. The number of thioether (sulfide) groups is 1. The molecule has 37 heavy (non-hydrogen) atoms. The molecule has 0 aliphatic carbocycles. The molecule has 0 bridgehead atoms. The van der Waals surface area contributed by atoms with Crippen molar-refractivity contribution in [1.82, 2.24) is 4.90 Å². The topological polar surface area (TPSA) is 67.9 Å². The zero-order valence-electron chi connectivity index (χ0n) is 19.9. The Bertz CT molecular complexity index is 1360. The van der Waals surface area contributed by atoms with Gasteiger partial charge in [-0.2, -0.15) is 0 Å². The Morgan fingerprint density at radius 2 is 1.78 bits per heavy atom. The van der Waals surface area contributed by atoms with Crippen molar-refractivity contribution in [3.63, 3.8) is 0 Å². The first-order valence-electron chi connectivity index (χ1n) is 11.1. The standard InChI is InChI=1S/C27H22Cl2N2O4S2/c1-16(18-6-4-3-5-7-18)31-26(33)24(37-27(31)36)11-17-8-9-22(23(10-17)34-2)35-15-25(32)30-21-13-19(28)12-20(29)14-21/h3-14,16H,15H2,1-2H3,(H,30,32)/b24-11-/t16-/m1/s1.